The zero-order valence-electron chi connectivity index (χ0n) is 15.2. The van der Waals surface area contributed by atoms with E-state index in [4.69, 9.17) is 9.47 Å². The van der Waals surface area contributed by atoms with Crippen molar-refractivity contribution in [2.75, 3.05) is 20.3 Å². The molecule has 0 radical (unpaired) electrons. The van der Waals surface area contributed by atoms with E-state index in [1.165, 1.54) is 0 Å². The van der Waals surface area contributed by atoms with Crippen LogP contribution < -0.4 is 28.9 Å². The quantitative estimate of drug-likeness (QED) is 0.425. The molecule has 0 saturated heterocycles. The van der Waals surface area contributed by atoms with Gasteiger partial charge in [0.15, 0.2) is 5.52 Å². The number of benzene rings is 2. The van der Waals surface area contributed by atoms with E-state index in [9.17, 15) is 4.79 Å². The van der Waals surface area contributed by atoms with Crippen molar-refractivity contribution in [3.63, 3.8) is 0 Å². The molecule has 0 heterocycles. The van der Waals surface area contributed by atoms with E-state index in [0.717, 1.165) is 27.7 Å². The third-order valence-corrected chi connectivity index (χ3v) is 4.48. The number of aryl methyl sites for hydroxylation is 2. The SMILES string of the molecule is COCCOc1ccc(PC(=O)c2c(C)cccc2C)cc1.[H-].[Li+]. The first-order valence-electron chi connectivity index (χ1n) is 7.21. The molecule has 0 amide bonds. The van der Waals surface area contributed by atoms with Crippen LogP contribution in [0.2, 0.25) is 0 Å². The van der Waals surface area contributed by atoms with Crippen molar-refractivity contribution in [2.24, 2.45) is 0 Å². The summed E-state index contributed by atoms with van der Waals surface area (Å²) in [5.41, 5.74) is 3.11. The summed E-state index contributed by atoms with van der Waals surface area (Å²) in [6.45, 7) is 5.06. The fourth-order valence-corrected chi connectivity index (χ4v) is 3.36. The average molecular weight is 324 g/mol. The van der Waals surface area contributed by atoms with E-state index in [-0.39, 0.29) is 34.4 Å². The summed E-state index contributed by atoms with van der Waals surface area (Å²) in [6.07, 6.45) is 0. The Bertz CT molecular complexity index is 627. The van der Waals surface area contributed by atoms with Gasteiger partial charge in [-0.1, -0.05) is 30.3 Å². The Kier molecular flexibility index (Phi) is 8.59. The Morgan fingerprint density at radius 2 is 1.65 bits per heavy atom. The minimum Gasteiger partial charge on any atom is -1.00 e. The second-order valence-electron chi connectivity index (χ2n) is 5.09. The van der Waals surface area contributed by atoms with E-state index >= 15 is 0 Å². The summed E-state index contributed by atoms with van der Waals surface area (Å²) >= 11 is 0. The number of carbonyl (C=O) groups is 1. The fourth-order valence-electron chi connectivity index (χ4n) is 2.24. The molecule has 2 aromatic rings. The number of rotatable bonds is 7. The van der Waals surface area contributed by atoms with Gasteiger partial charge in [0, 0.05) is 12.7 Å². The van der Waals surface area contributed by atoms with E-state index in [0.29, 0.717) is 13.2 Å². The van der Waals surface area contributed by atoms with Gasteiger partial charge in [0.1, 0.15) is 12.4 Å². The van der Waals surface area contributed by atoms with Gasteiger partial charge >= 0.3 is 18.9 Å². The van der Waals surface area contributed by atoms with Crippen LogP contribution >= 0.6 is 8.58 Å². The number of ether oxygens (including phenoxy) is 2. The van der Waals surface area contributed by atoms with Crippen molar-refractivity contribution in [3.8, 4) is 5.75 Å². The molecule has 118 valence electrons. The van der Waals surface area contributed by atoms with Gasteiger partial charge < -0.3 is 10.9 Å². The smallest absolute Gasteiger partial charge is 1.00 e. The summed E-state index contributed by atoms with van der Waals surface area (Å²) in [5.74, 6) is 0.796. The van der Waals surface area contributed by atoms with Gasteiger partial charge in [-0.25, -0.2) is 0 Å². The molecule has 0 spiro atoms. The maximum Gasteiger partial charge on any atom is 1.00 e. The van der Waals surface area contributed by atoms with Crippen LogP contribution in [0.3, 0.4) is 0 Å². The maximum absolute atomic E-state index is 12.5. The number of carbonyl (C=O) groups excluding carboxylic acids is 1. The summed E-state index contributed by atoms with van der Waals surface area (Å²) in [6, 6.07) is 13.6. The Balaban J connectivity index is 0.00000264. The molecule has 23 heavy (non-hydrogen) atoms. The van der Waals surface area contributed by atoms with Crippen molar-refractivity contribution in [1.29, 1.82) is 0 Å². The van der Waals surface area contributed by atoms with Crippen LogP contribution in [-0.4, -0.2) is 25.8 Å². The number of hydrogen-bond acceptors (Lipinski definition) is 3. The van der Waals surface area contributed by atoms with Crippen LogP contribution in [0.4, 0.5) is 0 Å². The van der Waals surface area contributed by atoms with Gasteiger partial charge in [-0.2, -0.15) is 0 Å². The van der Waals surface area contributed by atoms with E-state index < -0.39 is 0 Å². The number of methoxy groups -OCH3 is 1. The van der Waals surface area contributed by atoms with Crippen molar-refractivity contribution >= 4 is 19.4 Å². The van der Waals surface area contributed by atoms with Crippen LogP contribution in [0.25, 0.3) is 0 Å². The molecule has 0 fully saturated rings. The molecule has 0 aliphatic carbocycles. The van der Waals surface area contributed by atoms with Gasteiger partial charge in [0.25, 0.3) is 0 Å². The predicted molar refractivity (Wildman–Crippen MR) is 93.1 cm³/mol. The molecular weight excluding hydrogens is 302 g/mol. The van der Waals surface area contributed by atoms with Crippen LogP contribution in [0, 0.1) is 13.8 Å². The molecule has 0 N–H and O–H groups in total. The Labute approximate surface area is 153 Å². The number of hydrogen-bond donors (Lipinski definition) is 0. The van der Waals surface area contributed by atoms with Gasteiger partial charge in [-0.3, -0.25) is 4.79 Å². The summed E-state index contributed by atoms with van der Waals surface area (Å²) in [7, 11) is 1.77. The Morgan fingerprint density at radius 1 is 1.04 bits per heavy atom. The molecule has 0 saturated carbocycles. The fraction of sp³-hybridized carbons (Fsp3) is 0.278. The van der Waals surface area contributed by atoms with Crippen LogP contribution in [0.15, 0.2) is 42.5 Å². The summed E-state index contributed by atoms with van der Waals surface area (Å²) in [4.78, 5) is 12.5. The molecular formula is C18H22LiO3P. The second-order valence-corrected chi connectivity index (χ2v) is 6.37. The van der Waals surface area contributed by atoms with Gasteiger partial charge in [-0.15, -0.1) is 0 Å². The first-order chi connectivity index (χ1) is 10.6. The van der Waals surface area contributed by atoms with Gasteiger partial charge in [0.2, 0.25) is 0 Å². The van der Waals surface area contributed by atoms with Crippen LogP contribution in [0.1, 0.15) is 22.9 Å². The third-order valence-electron chi connectivity index (χ3n) is 3.38. The Morgan fingerprint density at radius 3 is 2.22 bits per heavy atom. The summed E-state index contributed by atoms with van der Waals surface area (Å²) in [5, 5.41) is 1.02. The van der Waals surface area contributed by atoms with Crippen LogP contribution in [0.5, 0.6) is 5.75 Å². The van der Waals surface area contributed by atoms with Crippen molar-refractivity contribution in [2.45, 2.75) is 13.8 Å². The molecule has 1 unspecified atom stereocenters. The molecule has 0 aromatic heterocycles. The minimum absolute atomic E-state index is 0. The average Bonchev–Trinajstić information content (AvgIpc) is 2.49. The zero-order chi connectivity index (χ0) is 15.9. The molecule has 5 heteroatoms. The van der Waals surface area contributed by atoms with E-state index in [2.05, 4.69) is 0 Å². The van der Waals surface area contributed by atoms with E-state index in [1.807, 2.05) is 56.3 Å². The standard InChI is InChI=1S/C18H21O3P.Li.H/c1-13-5-4-6-14(2)17(13)18(19)22-16-9-7-15(8-10-16)21-12-11-20-3;;/h4-10,22H,11-12H2,1-3H3;;/q;+1;-1. The molecule has 0 aliphatic heterocycles. The monoisotopic (exact) mass is 324 g/mol. The van der Waals surface area contributed by atoms with Crippen molar-refractivity contribution in [3.05, 3.63) is 59.2 Å². The van der Waals surface area contributed by atoms with Gasteiger partial charge in [0.05, 0.1) is 6.61 Å². The van der Waals surface area contributed by atoms with E-state index in [1.54, 1.807) is 7.11 Å². The van der Waals surface area contributed by atoms with Crippen molar-refractivity contribution < 1.29 is 34.6 Å². The zero-order valence-corrected chi connectivity index (χ0v) is 15.2. The molecule has 3 nitrogen and oxygen atoms in total. The third kappa shape index (κ3) is 5.79. The largest absolute Gasteiger partial charge is 1.00 e. The maximum atomic E-state index is 12.5. The first kappa shape index (κ1) is 19.9. The van der Waals surface area contributed by atoms with Crippen LogP contribution in [-0.2, 0) is 4.74 Å². The molecule has 2 aromatic carbocycles. The molecule has 0 bridgehead atoms. The topological polar surface area (TPSA) is 35.5 Å². The predicted octanol–water partition coefficient (Wildman–Crippen LogP) is 0.589. The van der Waals surface area contributed by atoms with Crippen molar-refractivity contribution in [1.82, 2.24) is 0 Å². The van der Waals surface area contributed by atoms with Gasteiger partial charge in [-0.05, 0) is 51.0 Å². The molecule has 0 aliphatic rings. The first-order valence-corrected chi connectivity index (χ1v) is 8.21. The Hall–Kier alpha value is -1.10. The minimum atomic E-state index is 0. The summed E-state index contributed by atoms with van der Waals surface area (Å²) < 4.78 is 10.5. The normalized spacial score (nSPS) is 10.6. The molecule has 1 atom stereocenters. The second kappa shape index (κ2) is 9.91. The molecule has 2 rings (SSSR count).